The van der Waals surface area contributed by atoms with Crippen molar-refractivity contribution >= 4 is 27.6 Å². The molecule has 37 heavy (non-hydrogen) atoms. The predicted octanol–water partition coefficient (Wildman–Crippen LogP) is 4.13. The quantitative estimate of drug-likeness (QED) is 0.303. The summed E-state index contributed by atoms with van der Waals surface area (Å²) in [6, 6.07) is 6.82. The lowest BCUT2D eigenvalue weighted by Gasteiger charge is -2.12. The fourth-order valence-corrected chi connectivity index (χ4v) is 4.21. The van der Waals surface area contributed by atoms with Gasteiger partial charge < -0.3 is 15.2 Å². The summed E-state index contributed by atoms with van der Waals surface area (Å²) in [6.07, 6.45) is 10.0. The fraction of sp³-hybridized carbons (Fsp3) is 0.154. The van der Waals surface area contributed by atoms with Crippen LogP contribution in [0.1, 0.15) is 0 Å². The van der Waals surface area contributed by atoms with Gasteiger partial charge in [0.2, 0.25) is 0 Å². The predicted molar refractivity (Wildman–Crippen MR) is 140 cm³/mol. The summed E-state index contributed by atoms with van der Waals surface area (Å²) in [4.78, 5) is 27.3. The van der Waals surface area contributed by atoms with Gasteiger partial charge in [-0.1, -0.05) is 0 Å². The number of rotatable bonds is 7. The van der Waals surface area contributed by atoms with Crippen LogP contribution < -0.4 is 5.32 Å². The third-order valence-electron chi connectivity index (χ3n) is 6.02. The first-order valence-electron chi connectivity index (χ1n) is 11.7. The molecule has 1 aromatic carbocycles. The van der Waals surface area contributed by atoms with Crippen LogP contribution in [0.25, 0.3) is 55.8 Å². The highest BCUT2D eigenvalue weighted by Crippen LogP contribution is 2.33. The molecule has 3 N–H and O–H groups in total. The summed E-state index contributed by atoms with van der Waals surface area (Å²) in [6.45, 7) is 1.53. The van der Waals surface area contributed by atoms with Gasteiger partial charge in [-0.15, -0.1) is 0 Å². The van der Waals surface area contributed by atoms with Gasteiger partial charge >= 0.3 is 0 Å². The van der Waals surface area contributed by atoms with Crippen molar-refractivity contribution < 1.29 is 4.39 Å². The molecule has 0 aliphatic heterocycles. The lowest BCUT2D eigenvalue weighted by Crippen LogP contribution is -2.20. The normalized spacial score (nSPS) is 11.6. The average molecular weight is 495 g/mol. The van der Waals surface area contributed by atoms with Crippen LogP contribution in [0.3, 0.4) is 0 Å². The zero-order valence-corrected chi connectivity index (χ0v) is 20.2. The lowest BCUT2D eigenvalue weighted by molar-refractivity contribution is 0.425. The number of pyridine rings is 2. The van der Waals surface area contributed by atoms with Crippen molar-refractivity contribution in [3.05, 3.63) is 67.4 Å². The van der Waals surface area contributed by atoms with Crippen molar-refractivity contribution in [3.8, 4) is 33.9 Å². The van der Waals surface area contributed by atoms with Crippen LogP contribution in [0.2, 0.25) is 0 Å². The van der Waals surface area contributed by atoms with E-state index in [1.54, 1.807) is 31.0 Å². The Bertz CT molecular complexity index is 1710. The number of aromatic nitrogens is 8. The second kappa shape index (κ2) is 9.36. The van der Waals surface area contributed by atoms with Gasteiger partial charge in [0.05, 0.1) is 34.6 Å². The first-order chi connectivity index (χ1) is 18.0. The van der Waals surface area contributed by atoms with Gasteiger partial charge in [0, 0.05) is 53.9 Å². The highest BCUT2D eigenvalue weighted by Gasteiger charge is 2.17. The number of aromatic amines is 2. The van der Waals surface area contributed by atoms with E-state index in [1.165, 1.54) is 18.5 Å². The van der Waals surface area contributed by atoms with Crippen LogP contribution in [-0.2, 0) is 0 Å². The Labute approximate surface area is 211 Å². The topological polar surface area (TPSA) is 124 Å². The van der Waals surface area contributed by atoms with Crippen molar-refractivity contribution in [1.29, 1.82) is 0 Å². The Morgan fingerprint density at radius 3 is 2.62 bits per heavy atom. The molecule has 0 saturated carbocycles. The second-order valence-corrected chi connectivity index (χ2v) is 8.94. The minimum absolute atomic E-state index is 0.333. The number of halogens is 1. The summed E-state index contributed by atoms with van der Waals surface area (Å²) in [5.41, 5.74) is 6.45. The summed E-state index contributed by atoms with van der Waals surface area (Å²) in [5, 5.41) is 11.6. The standard InChI is InChI=1S/C26H23FN10/c1-37(2)4-3-31-18-6-15(5-17(27)7-18)20-11-28-12-23-24(20)34-26(33-23)25-19-8-21(16-9-29-14-30-10-16)32-13-22(19)35-36-25/h5-14,31H,3-4H2,1-2H3,(H,33,34)(H,35,36). The number of anilines is 1. The highest BCUT2D eigenvalue weighted by molar-refractivity contribution is 5.97. The first-order valence-corrected chi connectivity index (χ1v) is 11.7. The summed E-state index contributed by atoms with van der Waals surface area (Å²) in [7, 11) is 3.99. The van der Waals surface area contributed by atoms with Crippen molar-refractivity contribution in [2.75, 3.05) is 32.5 Å². The number of fused-ring (bicyclic) bond motifs is 2. The van der Waals surface area contributed by atoms with E-state index >= 15 is 0 Å². The van der Waals surface area contributed by atoms with Crippen LogP contribution in [0.15, 0.2) is 61.6 Å². The fourth-order valence-electron chi connectivity index (χ4n) is 4.21. The second-order valence-electron chi connectivity index (χ2n) is 8.94. The molecule has 6 rings (SSSR count). The molecule has 0 unspecified atom stereocenters. The maximum atomic E-state index is 14.6. The van der Waals surface area contributed by atoms with Crippen LogP contribution >= 0.6 is 0 Å². The van der Waals surface area contributed by atoms with Crippen molar-refractivity contribution in [2.24, 2.45) is 0 Å². The molecule has 0 spiro atoms. The largest absolute Gasteiger partial charge is 0.384 e. The average Bonchev–Trinajstić information content (AvgIpc) is 3.52. The number of likely N-dealkylation sites (N-methyl/N-ethyl adjacent to an activating group) is 1. The summed E-state index contributed by atoms with van der Waals surface area (Å²) in [5.74, 6) is 0.235. The maximum Gasteiger partial charge on any atom is 0.159 e. The Morgan fingerprint density at radius 1 is 0.919 bits per heavy atom. The molecule has 5 heterocycles. The van der Waals surface area contributed by atoms with Crippen molar-refractivity contribution in [3.63, 3.8) is 0 Å². The zero-order valence-electron chi connectivity index (χ0n) is 20.2. The van der Waals surface area contributed by atoms with Crippen molar-refractivity contribution in [2.45, 2.75) is 0 Å². The zero-order chi connectivity index (χ0) is 25.4. The van der Waals surface area contributed by atoms with Gasteiger partial charge in [-0.25, -0.2) is 19.3 Å². The molecule has 0 aliphatic rings. The molecule has 0 amide bonds. The van der Waals surface area contributed by atoms with Crippen LogP contribution in [-0.4, -0.2) is 72.2 Å². The van der Waals surface area contributed by atoms with Gasteiger partial charge in [0.15, 0.2) is 5.82 Å². The van der Waals surface area contributed by atoms with Crippen LogP contribution in [0.5, 0.6) is 0 Å². The molecule has 0 atom stereocenters. The summed E-state index contributed by atoms with van der Waals surface area (Å²) >= 11 is 0. The summed E-state index contributed by atoms with van der Waals surface area (Å²) < 4.78 is 14.6. The molecule has 0 bridgehead atoms. The smallest absolute Gasteiger partial charge is 0.159 e. The molecular formula is C26H23FN10. The number of hydrogen-bond acceptors (Lipinski definition) is 8. The number of hydrogen-bond donors (Lipinski definition) is 3. The Hall–Kier alpha value is -4.77. The minimum Gasteiger partial charge on any atom is -0.384 e. The Balaban J connectivity index is 1.41. The van der Waals surface area contributed by atoms with E-state index < -0.39 is 0 Å². The van der Waals surface area contributed by atoms with Gasteiger partial charge in [-0.05, 0) is 43.9 Å². The van der Waals surface area contributed by atoms with Gasteiger partial charge in [-0.3, -0.25) is 15.1 Å². The van der Waals surface area contributed by atoms with E-state index in [0.717, 1.165) is 39.8 Å². The number of nitrogens with zero attached hydrogens (tertiary/aromatic N) is 7. The number of H-pyrrole nitrogens is 2. The SMILES string of the molecule is CN(C)CCNc1cc(F)cc(-c2cncc3[nH]c(-c4n[nH]c5cnc(-c6cncnc6)cc45)nc23)c1. The third-order valence-corrected chi connectivity index (χ3v) is 6.02. The van der Waals surface area contributed by atoms with Gasteiger partial charge in [0.25, 0.3) is 0 Å². The molecule has 0 aliphatic carbocycles. The van der Waals surface area contributed by atoms with E-state index in [1.807, 2.05) is 26.2 Å². The molecular weight excluding hydrogens is 471 g/mol. The van der Waals surface area contributed by atoms with Crippen LogP contribution in [0.4, 0.5) is 10.1 Å². The minimum atomic E-state index is -0.333. The molecule has 0 fully saturated rings. The van der Waals surface area contributed by atoms with E-state index in [-0.39, 0.29) is 5.82 Å². The first kappa shape index (κ1) is 22.7. The van der Waals surface area contributed by atoms with Crippen molar-refractivity contribution in [1.82, 2.24) is 45.0 Å². The third kappa shape index (κ3) is 4.47. The van der Waals surface area contributed by atoms with Gasteiger partial charge in [-0.2, -0.15) is 5.10 Å². The molecule has 0 radical (unpaired) electrons. The van der Waals surface area contributed by atoms with E-state index in [0.29, 0.717) is 34.8 Å². The maximum absolute atomic E-state index is 14.6. The lowest BCUT2D eigenvalue weighted by atomic mass is 10.1. The van der Waals surface area contributed by atoms with E-state index in [9.17, 15) is 4.39 Å². The molecule has 0 saturated heterocycles. The highest BCUT2D eigenvalue weighted by atomic mass is 19.1. The molecule has 6 aromatic rings. The Morgan fingerprint density at radius 2 is 1.78 bits per heavy atom. The molecule has 184 valence electrons. The van der Waals surface area contributed by atoms with E-state index in [2.05, 4.69) is 45.3 Å². The van der Waals surface area contributed by atoms with Gasteiger partial charge in [0.1, 0.15) is 17.8 Å². The Kier molecular flexibility index (Phi) is 5.73. The number of imidazole rings is 1. The molecule has 5 aromatic heterocycles. The number of nitrogens with one attached hydrogen (secondary N) is 3. The molecule has 11 heteroatoms. The molecule has 10 nitrogen and oxygen atoms in total. The van der Waals surface area contributed by atoms with Crippen LogP contribution in [0, 0.1) is 5.82 Å². The van der Waals surface area contributed by atoms with E-state index in [4.69, 9.17) is 4.98 Å². The monoisotopic (exact) mass is 494 g/mol. The number of benzene rings is 1.